The Balaban J connectivity index is 1.74. The number of amides is 1. The highest BCUT2D eigenvalue weighted by Crippen LogP contribution is 2.31. The van der Waals surface area contributed by atoms with E-state index in [1.807, 2.05) is 38.5 Å². The van der Waals surface area contributed by atoms with Crippen molar-refractivity contribution in [2.45, 2.75) is 45.1 Å². The van der Waals surface area contributed by atoms with Gasteiger partial charge in [-0.15, -0.1) is 0 Å². The zero-order chi connectivity index (χ0) is 19.8. The van der Waals surface area contributed by atoms with Crippen LogP contribution < -0.4 is 0 Å². The van der Waals surface area contributed by atoms with Gasteiger partial charge in [-0.25, -0.2) is 19.6 Å². The molecule has 8 heteroatoms. The van der Waals surface area contributed by atoms with Crippen molar-refractivity contribution in [2.24, 2.45) is 7.05 Å². The average Bonchev–Trinajstić information content (AvgIpc) is 2.96. The second kappa shape index (κ2) is 7.17. The maximum atomic E-state index is 12.2. The molecule has 0 bridgehead atoms. The standard InChI is InChI=1S/C19H26N4O4/c1-19(2,3)27-18(25)23-8-6-12(7-9-23)15-10-13-16(22(15)4)20-11-14(21-13)17(24)26-5/h10-12H,6-9H2,1-5H3. The number of rotatable bonds is 2. The second-order valence-electron chi connectivity index (χ2n) is 7.83. The summed E-state index contributed by atoms with van der Waals surface area (Å²) in [5, 5.41) is 0. The van der Waals surface area contributed by atoms with Crippen LogP contribution in [0.3, 0.4) is 0 Å². The molecule has 1 aliphatic rings. The molecular formula is C19H26N4O4. The first-order chi connectivity index (χ1) is 12.7. The van der Waals surface area contributed by atoms with Gasteiger partial charge in [-0.1, -0.05) is 0 Å². The van der Waals surface area contributed by atoms with Gasteiger partial charge in [-0.3, -0.25) is 0 Å². The number of methoxy groups -OCH3 is 1. The van der Waals surface area contributed by atoms with Crippen LogP contribution >= 0.6 is 0 Å². The first kappa shape index (κ1) is 19.1. The normalized spacial score (nSPS) is 15.8. The number of hydrogen-bond acceptors (Lipinski definition) is 6. The van der Waals surface area contributed by atoms with E-state index in [2.05, 4.69) is 9.97 Å². The first-order valence-corrected chi connectivity index (χ1v) is 9.08. The van der Waals surface area contributed by atoms with Gasteiger partial charge in [0.25, 0.3) is 0 Å². The lowest BCUT2D eigenvalue weighted by molar-refractivity contribution is 0.0203. The van der Waals surface area contributed by atoms with E-state index < -0.39 is 11.6 Å². The molecule has 0 N–H and O–H groups in total. The van der Waals surface area contributed by atoms with Crippen LogP contribution in [-0.4, -0.2) is 57.3 Å². The molecule has 1 amide bonds. The van der Waals surface area contributed by atoms with Crippen molar-refractivity contribution < 1.29 is 19.1 Å². The number of aromatic nitrogens is 3. The smallest absolute Gasteiger partial charge is 0.410 e. The molecule has 0 atom stereocenters. The number of carbonyl (C=O) groups excluding carboxylic acids is 2. The molecule has 3 heterocycles. The lowest BCUT2D eigenvalue weighted by Gasteiger charge is -2.33. The van der Waals surface area contributed by atoms with E-state index in [9.17, 15) is 9.59 Å². The third kappa shape index (κ3) is 4.04. The van der Waals surface area contributed by atoms with Gasteiger partial charge in [0.2, 0.25) is 0 Å². The molecule has 3 rings (SSSR count). The topological polar surface area (TPSA) is 86.5 Å². The molecule has 0 unspecified atom stereocenters. The van der Waals surface area contributed by atoms with Crippen molar-refractivity contribution >= 4 is 23.2 Å². The summed E-state index contributed by atoms with van der Waals surface area (Å²) in [5.74, 6) is -0.202. The van der Waals surface area contributed by atoms with Crippen molar-refractivity contribution in [1.82, 2.24) is 19.4 Å². The number of likely N-dealkylation sites (tertiary alicyclic amines) is 1. The maximum Gasteiger partial charge on any atom is 0.410 e. The van der Waals surface area contributed by atoms with Crippen molar-refractivity contribution in [3.8, 4) is 0 Å². The minimum Gasteiger partial charge on any atom is -0.464 e. The minimum atomic E-state index is -0.500. The summed E-state index contributed by atoms with van der Waals surface area (Å²) in [4.78, 5) is 34.4. The fourth-order valence-corrected chi connectivity index (χ4v) is 3.39. The van der Waals surface area contributed by atoms with Gasteiger partial charge >= 0.3 is 12.1 Å². The van der Waals surface area contributed by atoms with Gasteiger partial charge in [0.05, 0.1) is 13.3 Å². The molecule has 0 spiro atoms. The number of nitrogens with zero attached hydrogens (tertiary/aromatic N) is 4. The number of fused-ring (bicyclic) bond motifs is 1. The predicted molar refractivity (Wildman–Crippen MR) is 99.6 cm³/mol. The van der Waals surface area contributed by atoms with Crippen molar-refractivity contribution in [2.75, 3.05) is 20.2 Å². The van der Waals surface area contributed by atoms with Crippen LogP contribution in [0.1, 0.15) is 55.7 Å². The lowest BCUT2D eigenvalue weighted by atomic mass is 9.93. The van der Waals surface area contributed by atoms with Crippen molar-refractivity contribution in [1.29, 1.82) is 0 Å². The summed E-state index contributed by atoms with van der Waals surface area (Å²) in [7, 11) is 3.27. The summed E-state index contributed by atoms with van der Waals surface area (Å²) in [5.41, 5.74) is 2.22. The molecule has 2 aromatic heterocycles. The van der Waals surface area contributed by atoms with Gasteiger partial charge in [-0.05, 0) is 39.7 Å². The van der Waals surface area contributed by atoms with Crippen LogP contribution in [0.4, 0.5) is 4.79 Å². The zero-order valence-corrected chi connectivity index (χ0v) is 16.5. The maximum absolute atomic E-state index is 12.2. The van der Waals surface area contributed by atoms with E-state index in [-0.39, 0.29) is 11.8 Å². The molecule has 0 aromatic carbocycles. The number of piperidine rings is 1. The third-order valence-electron chi connectivity index (χ3n) is 4.73. The molecule has 1 fully saturated rings. The Labute approximate surface area is 158 Å². The molecule has 0 saturated carbocycles. The monoisotopic (exact) mass is 374 g/mol. The lowest BCUT2D eigenvalue weighted by Crippen LogP contribution is -2.41. The number of ether oxygens (including phenoxy) is 2. The van der Waals surface area contributed by atoms with E-state index in [1.165, 1.54) is 13.3 Å². The molecule has 1 aliphatic heterocycles. The summed E-state index contributed by atoms with van der Waals surface area (Å²) in [6.07, 6.45) is 2.85. The fourth-order valence-electron chi connectivity index (χ4n) is 3.39. The van der Waals surface area contributed by atoms with Crippen LogP contribution in [0.15, 0.2) is 12.3 Å². The van der Waals surface area contributed by atoms with Gasteiger partial charge in [0.1, 0.15) is 11.1 Å². The Morgan fingerprint density at radius 2 is 1.89 bits per heavy atom. The van der Waals surface area contributed by atoms with Crippen LogP contribution in [0.5, 0.6) is 0 Å². The second-order valence-corrected chi connectivity index (χ2v) is 7.83. The summed E-state index contributed by atoms with van der Waals surface area (Å²) < 4.78 is 12.2. The average molecular weight is 374 g/mol. The molecule has 2 aromatic rings. The van der Waals surface area contributed by atoms with Crippen molar-refractivity contribution in [3.63, 3.8) is 0 Å². The number of esters is 1. The number of hydrogen-bond donors (Lipinski definition) is 0. The molecule has 1 saturated heterocycles. The number of carbonyl (C=O) groups is 2. The van der Waals surface area contributed by atoms with Crippen molar-refractivity contribution in [3.05, 3.63) is 23.7 Å². The van der Waals surface area contributed by atoms with E-state index >= 15 is 0 Å². The Hall–Kier alpha value is -2.64. The fraction of sp³-hybridized carbons (Fsp3) is 0.579. The van der Waals surface area contributed by atoms with Gasteiger partial charge in [-0.2, -0.15) is 0 Å². The van der Waals surface area contributed by atoms with E-state index in [4.69, 9.17) is 9.47 Å². The zero-order valence-electron chi connectivity index (χ0n) is 16.5. The highest BCUT2D eigenvalue weighted by molar-refractivity contribution is 5.89. The Bertz CT molecular complexity index is 860. The number of aryl methyl sites for hydroxylation is 1. The summed E-state index contributed by atoms with van der Waals surface area (Å²) in [6, 6.07) is 1.97. The molecule has 0 aliphatic carbocycles. The van der Waals surface area contributed by atoms with E-state index in [0.29, 0.717) is 24.5 Å². The summed E-state index contributed by atoms with van der Waals surface area (Å²) in [6.45, 7) is 6.91. The van der Waals surface area contributed by atoms with Crippen LogP contribution in [-0.2, 0) is 16.5 Å². The highest BCUT2D eigenvalue weighted by atomic mass is 16.6. The largest absolute Gasteiger partial charge is 0.464 e. The molecule has 146 valence electrons. The first-order valence-electron chi connectivity index (χ1n) is 9.08. The molecular weight excluding hydrogens is 348 g/mol. The molecule has 8 nitrogen and oxygen atoms in total. The third-order valence-corrected chi connectivity index (χ3v) is 4.73. The van der Waals surface area contributed by atoms with Gasteiger partial charge in [0, 0.05) is 31.7 Å². The highest BCUT2D eigenvalue weighted by Gasteiger charge is 2.29. The van der Waals surface area contributed by atoms with E-state index in [0.717, 1.165) is 24.2 Å². The predicted octanol–water partition coefficient (Wildman–Crippen LogP) is 2.87. The summed E-state index contributed by atoms with van der Waals surface area (Å²) >= 11 is 0. The SMILES string of the molecule is COC(=O)c1cnc2c(cc(C3CCN(C(=O)OC(C)(C)C)CC3)n2C)n1. The van der Waals surface area contributed by atoms with Gasteiger partial charge < -0.3 is 18.9 Å². The van der Waals surface area contributed by atoms with Crippen LogP contribution in [0.2, 0.25) is 0 Å². The van der Waals surface area contributed by atoms with Crippen LogP contribution in [0.25, 0.3) is 11.2 Å². The van der Waals surface area contributed by atoms with E-state index in [1.54, 1.807) is 4.90 Å². The Morgan fingerprint density at radius 1 is 1.22 bits per heavy atom. The Kier molecular flexibility index (Phi) is 5.08. The van der Waals surface area contributed by atoms with Gasteiger partial charge in [0.15, 0.2) is 11.3 Å². The quantitative estimate of drug-likeness (QED) is 0.751. The molecule has 27 heavy (non-hydrogen) atoms. The minimum absolute atomic E-state index is 0.196. The van der Waals surface area contributed by atoms with Crippen LogP contribution in [0, 0.1) is 0 Å². The Morgan fingerprint density at radius 3 is 2.48 bits per heavy atom. The molecule has 0 radical (unpaired) electrons.